The Labute approximate surface area is 694 Å². The van der Waals surface area contributed by atoms with Gasteiger partial charge in [-0.3, -0.25) is 14.8 Å². The van der Waals surface area contributed by atoms with Crippen LogP contribution in [0.4, 0.5) is 0 Å². The van der Waals surface area contributed by atoms with Crippen molar-refractivity contribution in [3.05, 3.63) is 101 Å². The van der Waals surface area contributed by atoms with Crippen LogP contribution in [0.25, 0.3) is 0 Å². The lowest BCUT2D eigenvalue weighted by atomic mass is 9.76. The number of Topliss-reactive ketones (excluding diaryl/α,β-unsaturated/α-hetero) is 1. The van der Waals surface area contributed by atoms with Gasteiger partial charge in [0.1, 0.15) is 53.5 Å². The molecule has 0 amide bonds. The van der Waals surface area contributed by atoms with Gasteiger partial charge in [0.25, 0.3) is 5.79 Å². The monoisotopic (exact) mass is 1580 g/mol. The van der Waals surface area contributed by atoms with Crippen molar-refractivity contribution in [1.29, 1.82) is 0 Å². The molecule has 0 bridgehead atoms. The second-order valence-electron chi connectivity index (χ2n) is 49.2. The lowest BCUT2D eigenvalue weighted by Gasteiger charge is -2.38. The van der Waals surface area contributed by atoms with Crippen LogP contribution in [0.5, 0.6) is 0 Å². The maximum atomic E-state index is 12.0. The number of carbonyl (C=O) groups is 1. The fourth-order valence-corrected chi connectivity index (χ4v) is 14.1. The molecule has 1 saturated carbocycles. The number of rotatable bonds is 0. The number of aromatic nitrogens is 1. The molecule has 652 valence electrons. The Morgan fingerprint density at radius 2 is 0.708 bits per heavy atom. The Bertz CT molecular complexity index is 3500. The van der Waals surface area contributed by atoms with E-state index in [1.54, 1.807) is 0 Å². The molecule has 8 heterocycles. The number of allylic oxidation sites excluding steroid dienone is 11. The molecule has 1 aromatic rings. The Morgan fingerprint density at radius 3 is 0.982 bits per heavy atom. The number of azo groups is 1. The van der Waals surface area contributed by atoms with E-state index in [-0.39, 0.29) is 104 Å². The predicted octanol–water partition coefficient (Wildman–Crippen LogP) is 29.0. The lowest BCUT2D eigenvalue weighted by Crippen LogP contribution is -2.39. The summed E-state index contributed by atoms with van der Waals surface area (Å²) in [7, 11) is 0. The first-order valence-electron chi connectivity index (χ1n) is 42.8. The van der Waals surface area contributed by atoms with Gasteiger partial charge in [-0.1, -0.05) is 332 Å². The van der Waals surface area contributed by atoms with Crippen LogP contribution < -0.4 is 5.76 Å². The van der Waals surface area contributed by atoms with Crippen LogP contribution in [0.15, 0.2) is 104 Å². The molecular weight excluding hydrogens is 1410 g/mol. The molecule has 14 nitrogen and oxygen atoms in total. The largest absolute Gasteiger partial charge is 0.497 e. The highest BCUT2D eigenvalue weighted by Crippen LogP contribution is 2.54. The first-order chi connectivity index (χ1) is 49.9. The maximum absolute atomic E-state index is 12.0. The third-order valence-electron chi connectivity index (χ3n) is 20.3. The van der Waals surface area contributed by atoms with Crippen LogP contribution in [-0.2, 0) is 48.8 Å². The summed E-state index contributed by atoms with van der Waals surface area (Å²) in [6, 6.07) is 0. The van der Waals surface area contributed by atoms with E-state index >= 15 is 0 Å². The van der Waals surface area contributed by atoms with Crippen LogP contribution in [-0.4, -0.2) is 68.5 Å². The van der Waals surface area contributed by atoms with E-state index in [0.717, 1.165) is 91.5 Å². The molecule has 1 N–H and O–H groups in total. The first-order valence-corrected chi connectivity index (χ1v) is 42.8. The zero-order valence-corrected chi connectivity index (χ0v) is 82.8. The molecule has 0 atom stereocenters. The van der Waals surface area contributed by atoms with Crippen molar-refractivity contribution in [1.82, 2.24) is 4.98 Å². The van der Waals surface area contributed by atoms with Crippen molar-refractivity contribution in [2.75, 3.05) is 46.2 Å². The highest BCUT2D eigenvalue weighted by molar-refractivity contribution is 5.97. The second-order valence-corrected chi connectivity index (χ2v) is 49.2. The van der Waals surface area contributed by atoms with Gasteiger partial charge in [0.2, 0.25) is 0 Å². The van der Waals surface area contributed by atoms with Crippen molar-refractivity contribution in [3.8, 4) is 0 Å². The summed E-state index contributed by atoms with van der Waals surface area (Å²) in [5.41, 5.74) is 14.3. The third kappa shape index (κ3) is 31.6. The number of ether oxygens (including phenoxy) is 7. The summed E-state index contributed by atoms with van der Waals surface area (Å²) in [4.78, 5) is 30.6. The Hall–Kier alpha value is -5.11. The molecule has 0 radical (unpaired) electrons. The molecule has 0 aromatic carbocycles. The van der Waals surface area contributed by atoms with Crippen LogP contribution in [0.1, 0.15) is 396 Å². The minimum absolute atomic E-state index is 0.0295. The number of carbonyl (C=O) groups excluding carboxylic acids is 1. The third-order valence-corrected chi connectivity index (χ3v) is 20.3. The highest BCUT2D eigenvalue weighted by Gasteiger charge is 2.53. The number of ketones is 1. The molecule has 1 spiro atoms. The molecular formula is C99H176N4O10. The minimum Gasteiger partial charge on any atom is -0.497 e. The van der Waals surface area contributed by atoms with Crippen molar-refractivity contribution in [2.24, 2.45) is 91.0 Å². The normalized spacial score (nSPS) is 19.2. The predicted molar refractivity (Wildman–Crippen MR) is 478 cm³/mol. The smallest absolute Gasteiger partial charge is 0.416 e. The van der Waals surface area contributed by atoms with Gasteiger partial charge in [-0.05, 0) is 86.5 Å². The SMILES string of the molecule is CC(C)(C)C1=C(C(C)(C)C)C(=O)CCO1.CC(C)(C)C1=C(C(C)(C)C)COC1.CC(C)(C)C1=C(C(C)(C)C)N=NC1.CC(C)(C)C1=C(C(C)(C)C)OC2(CCC2)O1.CC(C)(C)C1=C(C(C)(C)C)OCCC1.CC(C)(C)C1=C(C(C)(C)C)OCCO1.CC(C)(C)c1[nH]c(=O)oc1C(C)(C)C.CC1=NC(C(C)(C)C)=C(C(C)(C)C)C1. The minimum atomic E-state index is -0.361. The van der Waals surface area contributed by atoms with Gasteiger partial charge in [-0.25, -0.2) is 4.79 Å². The number of nitrogens with one attached hydrogen (secondary N) is 1. The van der Waals surface area contributed by atoms with Crippen molar-refractivity contribution < 1.29 is 42.4 Å². The van der Waals surface area contributed by atoms with E-state index in [9.17, 15) is 9.59 Å². The molecule has 7 aliphatic heterocycles. The molecule has 9 rings (SSSR count). The highest BCUT2D eigenvalue weighted by atomic mass is 16.7. The number of nitrogens with zero attached hydrogens (tertiary/aromatic N) is 3. The number of aromatic amines is 1. The van der Waals surface area contributed by atoms with E-state index in [4.69, 9.17) is 42.6 Å². The molecule has 0 saturated heterocycles. The summed E-state index contributed by atoms with van der Waals surface area (Å²) in [5, 5.41) is 8.39. The Morgan fingerprint density at radius 1 is 0.336 bits per heavy atom. The second kappa shape index (κ2) is 37.0. The van der Waals surface area contributed by atoms with Crippen LogP contribution in [0, 0.1) is 75.8 Å². The molecule has 14 heteroatoms. The molecule has 1 fully saturated rings. The lowest BCUT2D eigenvalue weighted by molar-refractivity contribution is -0.212. The maximum Gasteiger partial charge on any atom is 0.416 e. The van der Waals surface area contributed by atoms with Crippen molar-refractivity contribution >= 4 is 11.5 Å². The summed E-state index contributed by atoms with van der Waals surface area (Å²) in [5.74, 6) is 6.59. The fourth-order valence-electron chi connectivity index (χ4n) is 14.1. The molecule has 113 heavy (non-hydrogen) atoms. The summed E-state index contributed by atoms with van der Waals surface area (Å²) < 4.78 is 46.1. The summed E-state index contributed by atoms with van der Waals surface area (Å²) >= 11 is 0. The number of oxazole rings is 1. The Kier molecular flexibility index (Phi) is 34.1. The quantitative estimate of drug-likeness (QED) is 0.247. The van der Waals surface area contributed by atoms with Crippen LogP contribution in [0.2, 0.25) is 0 Å². The molecule has 1 aliphatic carbocycles. The van der Waals surface area contributed by atoms with Gasteiger partial charge in [0.15, 0.2) is 5.78 Å². The van der Waals surface area contributed by atoms with Crippen molar-refractivity contribution in [2.45, 2.75) is 401 Å². The van der Waals surface area contributed by atoms with Gasteiger partial charge >= 0.3 is 5.76 Å². The molecule has 0 unspecified atom stereocenters. The average molecular weight is 1580 g/mol. The number of hydrogen-bond acceptors (Lipinski definition) is 13. The van der Waals surface area contributed by atoms with E-state index in [1.165, 1.54) is 70.0 Å². The summed E-state index contributed by atoms with van der Waals surface area (Å²) in [6.45, 7) is 112. The zero-order valence-electron chi connectivity index (χ0n) is 82.8. The van der Waals surface area contributed by atoms with E-state index < -0.39 is 0 Å². The molecule has 1 aromatic heterocycles. The van der Waals surface area contributed by atoms with Gasteiger partial charge < -0.3 is 37.6 Å². The van der Waals surface area contributed by atoms with Gasteiger partial charge in [-0.2, -0.15) is 10.2 Å². The number of aliphatic imine (C=N–C) groups is 1. The standard InChI is InChI=1S/C14H24O2.C13H23N.C13H22O2.C13H24O.C12H22O2.C12H22O.C11H20N2.C11H19NO2/c1-12(2,3)10-11(13(4,5)6)16-14(15-10)8-7-9-14;1-9-8-10(12(2,3)4)11(14-9)13(5,6)7;1-12(2,3)10-9(14)7-8-15-11(10)13(4,5)6;1-12(2,3)10-8-7-9-14-11(10)13(4,5)6;1-11(2,3)9-10(12(4,5)6)14-8-7-13-9;1-11(2,3)9-7-13-8-10(9)12(4,5)6;1-10(2,3)8-7-12-13-9(8)11(4,5)6;1-10(2,3)7-8(11(4,5)6)14-9(13)12-7/h7-9H2,1-6H3;8H2,1-7H3;7-8H2,1-6H3;7-9H2,1-6H3;7-8H2,1-6H3;7-8H2,1-6H3;7H2,1-6H3;1-6H3,(H,12,13). The van der Waals surface area contributed by atoms with Crippen LogP contribution in [0.3, 0.4) is 0 Å². The van der Waals surface area contributed by atoms with Gasteiger partial charge in [0, 0.05) is 96.8 Å². The van der Waals surface area contributed by atoms with Gasteiger partial charge in [-0.15, -0.1) is 0 Å². The number of hydrogen-bond donors (Lipinski definition) is 1. The summed E-state index contributed by atoms with van der Waals surface area (Å²) in [6.07, 6.45) is 7.25. The average Bonchev–Trinajstić information content (AvgIpc) is 1.63. The topological polar surface area (TPSA) is 165 Å². The van der Waals surface area contributed by atoms with Crippen LogP contribution >= 0.6 is 0 Å². The number of H-pyrrole nitrogens is 1. The van der Waals surface area contributed by atoms with Gasteiger partial charge in [0.05, 0.1) is 44.4 Å². The fraction of sp³-hybridized carbons (Fsp3) is 0.808. The van der Waals surface area contributed by atoms with E-state index in [0.29, 0.717) is 26.2 Å². The van der Waals surface area contributed by atoms with Crippen molar-refractivity contribution in [3.63, 3.8) is 0 Å². The van der Waals surface area contributed by atoms with E-state index in [2.05, 4.69) is 334 Å². The molecule has 8 aliphatic rings. The van der Waals surface area contributed by atoms with E-state index in [1.807, 2.05) is 20.8 Å². The Balaban J connectivity index is 0.000000439. The first kappa shape index (κ1) is 104. The zero-order chi connectivity index (χ0) is 88.9.